The molecule has 0 saturated carbocycles. The van der Waals surface area contributed by atoms with Crippen LogP contribution in [0.3, 0.4) is 0 Å². The normalized spacial score (nSPS) is 13.4. The second-order valence-corrected chi connectivity index (χ2v) is 3.60. The first-order valence-corrected chi connectivity index (χ1v) is 4.40. The van der Waals surface area contributed by atoms with Gasteiger partial charge in [-0.1, -0.05) is 20.8 Å². The van der Waals surface area contributed by atoms with E-state index in [-0.39, 0.29) is 0 Å². The van der Waals surface area contributed by atoms with E-state index >= 15 is 0 Å². The van der Waals surface area contributed by atoms with Gasteiger partial charge in [0.1, 0.15) is 5.82 Å². The lowest BCUT2D eigenvalue weighted by Gasteiger charge is -2.14. The summed E-state index contributed by atoms with van der Waals surface area (Å²) < 4.78 is 0. The van der Waals surface area contributed by atoms with Gasteiger partial charge < -0.3 is 0 Å². The molecule has 2 nitrogen and oxygen atoms in total. The molecule has 0 radical (unpaired) electrons. The SMILES string of the molecule is Cc1ncc([C@@H](C)C(C)C)cn1. The Morgan fingerprint density at radius 3 is 2.00 bits per heavy atom. The van der Waals surface area contributed by atoms with Gasteiger partial charge in [-0.05, 0) is 24.3 Å². The lowest BCUT2D eigenvalue weighted by Crippen LogP contribution is -2.03. The minimum absolute atomic E-state index is 0.547. The van der Waals surface area contributed by atoms with Crippen LogP contribution in [0.4, 0.5) is 0 Å². The fraction of sp³-hybridized carbons (Fsp3) is 0.600. The molecule has 1 atom stereocenters. The maximum atomic E-state index is 4.17. The molecule has 0 spiro atoms. The predicted molar refractivity (Wildman–Crippen MR) is 50.0 cm³/mol. The van der Waals surface area contributed by atoms with Gasteiger partial charge in [-0.15, -0.1) is 0 Å². The summed E-state index contributed by atoms with van der Waals surface area (Å²) in [6, 6.07) is 0. The molecule has 0 saturated heterocycles. The molecule has 1 aromatic rings. The van der Waals surface area contributed by atoms with Crippen LogP contribution in [0.25, 0.3) is 0 Å². The van der Waals surface area contributed by atoms with Crippen LogP contribution in [0.2, 0.25) is 0 Å². The van der Waals surface area contributed by atoms with Crippen LogP contribution < -0.4 is 0 Å². The van der Waals surface area contributed by atoms with Crippen molar-refractivity contribution in [2.45, 2.75) is 33.6 Å². The van der Waals surface area contributed by atoms with E-state index in [0.29, 0.717) is 11.8 Å². The summed E-state index contributed by atoms with van der Waals surface area (Å²) in [6.07, 6.45) is 3.85. The smallest absolute Gasteiger partial charge is 0.125 e. The zero-order chi connectivity index (χ0) is 9.14. The number of hydrogen-bond donors (Lipinski definition) is 0. The van der Waals surface area contributed by atoms with Gasteiger partial charge in [0.2, 0.25) is 0 Å². The highest BCUT2D eigenvalue weighted by molar-refractivity contribution is 5.10. The Morgan fingerprint density at radius 1 is 1.08 bits per heavy atom. The molecule has 1 rings (SSSR count). The molecule has 12 heavy (non-hydrogen) atoms. The molecule has 1 aromatic heterocycles. The summed E-state index contributed by atoms with van der Waals surface area (Å²) in [4.78, 5) is 8.34. The molecule has 66 valence electrons. The minimum atomic E-state index is 0.547. The largest absolute Gasteiger partial charge is 0.241 e. The highest BCUT2D eigenvalue weighted by atomic mass is 14.8. The molecule has 2 heteroatoms. The van der Waals surface area contributed by atoms with E-state index in [9.17, 15) is 0 Å². The first-order chi connectivity index (χ1) is 5.61. The zero-order valence-corrected chi connectivity index (χ0v) is 8.20. The van der Waals surface area contributed by atoms with Gasteiger partial charge in [0.05, 0.1) is 0 Å². The van der Waals surface area contributed by atoms with Crippen molar-refractivity contribution in [3.8, 4) is 0 Å². The van der Waals surface area contributed by atoms with E-state index in [1.807, 2.05) is 19.3 Å². The molecular formula is C10H16N2. The van der Waals surface area contributed by atoms with Crippen LogP contribution in [0.5, 0.6) is 0 Å². The second kappa shape index (κ2) is 3.65. The second-order valence-electron chi connectivity index (χ2n) is 3.60. The van der Waals surface area contributed by atoms with Gasteiger partial charge in [-0.2, -0.15) is 0 Å². The van der Waals surface area contributed by atoms with Crippen molar-refractivity contribution in [2.24, 2.45) is 5.92 Å². The van der Waals surface area contributed by atoms with Gasteiger partial charge in [0, 0.05) is 12.4 Å². The highest BCUT2D eigenvalue weighted by Crippen LogP contribution is 2.21. The van der Waals surface area contributed by atoms with Gasteiger partial charge in [-0.3, -0.25) is 0 Å². The Kier molecular flexibility index (Phi) is 2.79. The van der Waals surface area contributed by atoms with Gasteiger partial charge in [0.15, 0.2) is 0 Å². The summed E-state index contributed by atoms with van der Waals surface area (Å²) in [5.74, 6) is 2.04. The van der Waals surface area contributed by atoms with Crippen molar-refractivity contribution in [3.63, 3.8) is 0 Å². The average Bonchev–Trinajstić information content (AvgIpc) is 2.04. The first-order valence-electron chi connectivity index (χ1n) is 4.40. The Balaban J connectivity index is 2.82. The molecule has 0 bridgehead atoms. The molecule has 0 aromatic carbocycles. The van der Waals surface area contributed by atoms with Crippen molar-refractivity contribution in [1.29, 1.82) is 0 Å². The monoisotopic (exact) mass is 164 g/mol. The van der Waals surface area contributed by atoms with Gasteiger partial charge in [0.25, 0.3) is 0 Å². The van der Waals surface area contributed by atoms with E-state index in [4.69, 9.17) is 0 Å². The third-order valence-electron chi connectivity index (χ3n) is 2.33. The van der Waals surface area contributed by atoms with E-state index in [0.717, 1.165) is 5.82 Å². The van der Waals surface area contributed by atoms with Crippen LogP contribution in [0.15, 0.2) is 12.4 Å². The Labute approximate surface area is 74.1 Å². The maximum Gasteiger partial charge on any atom is 0.125 e. The van der Waals surface area contributed by atoms with Crippen molar-refractivity contribution in [3.05, 3.63) is 23.8 Å². The number of rotatable bonds is 2. The standard InChI is InChI=1S/C10H16N2/c1-7(2)8(3)10-5-11-9(4)12-6-10/h5-8H,1-4H3/t8-/m0/s1. The van der Waals surface area contributed by atoms with Crippen molar-refractivity contribution in [1.82, 2.24) is 9.97 Å². The van der Waals surface area contributed by atoms with E-state index in [2.05, 4.69) is 30.7 Å². The van der Waals surface area contributed by atoms with Gasteiger partial charge >= 0.3 is 0 Å². The summed E-state index contributed by atoms with van der Waals surface area (Å²) in [5.41, 5.74) is 1.23. The predicted octanol–water partition coefficient (Wildman–Crippen LogP) is 2.54. The van der Waals surface area contributed by atoms with Crippen molar-refractivity contribution in [2.75, 3.05) is 0 Å². The third-order valence-corrected chi connectivity index (χ3v) is 2.33. The molecule has 0 unspecified atom stereocenters. The fourth-order valence-electron chi connectivity index (χ4n) is 1.02. The van der Waals surface area contributed by atoms with Crippen LogP contribution in [-0.2, 0) is 0 Å². The van der Waals surface area contributed by atoms with Crippen LogP contribution >= 0.6 is 0 Å². The number of nitrogens with zero attached hydrogens (tertiary/aromatic N) is 2. The summed E-state index contributed by atoms with van der Waals surface area (Å²) in [6.45, 7) is 8.54. The van der Waals surface area contributed by atoms with E-state index in [1.165, 1.54) is 5.56 Å². The average molecular weight is 164 g/mol. The molecular weight excluding hydrogens is 148 g/mol. The molecule has 1 heterocycles. The van der Waals surface area contributed by atoms with Crippen LogP contribution in [0, 0.1) is 12.8 Å². The molecule has 0 aliphatic carbocycles. The Hall–Kier alpha value is -0.920. The number of aromatic nitrogens is 2. The van der Waals surface area contributed by atoms with E-state index in [1.54, 1.807) is 0 Å². The quantitative estimate of drug-likeness (QED) is 0.671. The number of hydrogen-bond acceptors (Lipinski definition) is 2. The topological polar surface area (TPSA) is 25.8 Å². The van der Waals surface area contributed by atoms with Crippen LogP contribution in [0.1, 0.15) is 38.1 Å². The highest BCUT2D eigenvalue weighted by Gasteiger charge is 2.09. The van der Waals surface area contributed by atoms with Crippen LogP contribution in [-0.4, -0.2) is 9.97 Å². The molecule has 0 aliphatic heterocycles. The molecule has 0 fully saturated rings. The summed E-state index contributed by atoms with van der Waals surface area (Å²) in [5, 5.41) is 0. The third kappa shape index (κ3) is 2.03. The zero-order valence-electron chi connectivity index (χ0n) is 8.20. The molecule has 0 aliphatic rings. The summed E-state index contributed by atoms with van der Waals surface area (Å²) in [7, 11) is 0. The molecule has 0 N–H and O–H groups in total. The summed E-state index contributed by atoms with van der Waals surface area (Å²) >= 11 is 0. The van der Waals surface area contributed by atoms with Gasteiger partial charge in [-0.25, -0.2) is 9.97 Å². The Bertz CT molecular complexity index is 239. The van der Waals surface area contributed by atoms with E-state index < -0.39 is 0 Å². The maximum absolute atomic E-state index is 4.17. The lowest BCUT2D eigenvalue weighted by atomic mass is 9.92. The minimum Gasteiger partial charge on any atom is -0.241 e. The number of aryl methyl sites for hydroxylation is 1. The van der Waals surface area contributed by atoms with Crippen molar-refractivity contribution < 1.29 is 0 Å². The first kappa shape index (κ1) is 9.17. The van der Waals surface area contributed by atoms with Crippen molar-refractivity contribution >= 4 is 0 Å². The Morgan fingerprint density at radius 2 is 1.58 bits per heavy atom. The lowest BCUT2D eigenvalue weighted by molar-refractivity contribution is 0.531. The fourth-order valence-corrected chi connectivity index (χ4v) is 1.02. The molecule has 0 amide bonds.